The maximum Gasteiger partial charge on any atom is 0.354 e. The molecule has 1 unspecified atom stereocenters. The van der Waals surface area contributed by atoms with Crippen molar-refractivity contribution in [2.75, 3.05) is 18.4 Å². The van der Waals surface area contributed by atoms with Gasteiger partial charge in [-0.15, -0.1) is 0 Å². The fourth-order valence-electron chi connectivity index (χ4n) is 1.92. The summed E-state index contributed by atoms with van der Waals surface area (Å²) in [7, 11) is 0. The molecule has 2 N–H and O–H groups in total. The van der Waals surface area contributed by atoms with Gasteiger partial charge in [0.15, 0.2) is 0 Å². The third-order valence-electron chi connectivity index (χ3n) is 2.94. The van der Waals surface area contributed by atoms with E-state index in [1.54, 1.807) is 4.90 Å². The Kier molecular flexibility index (Phi) is 3.45. The lowest BCUT2D eigenvalue weighted by Crippen LogP contribution is -2.32. The number of nitrogens with zero attached hydrogens (tertiary/aromatic N) is 2. The third kappa shape index (κ3) is 2.77. The maximum absolute atomic E-state index is 11.8. The number of hydrogen-bond donors (Lipinski definition) is 2. The van der Waals surface area contributed by atoms with E-state index in [-0.39, 0.29) is 11.7 Å². The van der Waals surface area contributed by atoms with E-state index in [0.717, 1.165) is 19.5 Å². The molecule has 6 nitrogen and oxygen atoms in total. The number of carbonyl (C=O) groups is 2. The molecule has 2 rings (SSSR count). The molecule has 0 saturated carbocycles. The zero-order valence-corrected chi connectivity index (χ0v) is 10.1. The number of aromatic carboxylic acids is 1. The second kappa shape index (κ2) is 5.03. The molecule has 6 heteroatoms. The van der Waals surface area contributed by atoms with E-state index in [4.69, 9.17) is 5.11 Å². The van der Waals surface area contributed by atoms with Crippen molar-refractivity contribution in [3.05, 3.63) is 24.0 Å². The summed E-state index contributed by atoms with van der Waals surface area (Å²) in [6.07, 6.45) is 2.37. The molecule has 96 valence electrons. The van der Waals surface area contributed by atoms with Gasteiger partial charge in [-0.05, 0) is 24.5 Å². The highest BCUT2D eigenvalue weighted by molar-refractivity contribution is 5.90. The minimum Gasteiger partial charge on any atom is -0.477 e. The highest BCUT2D eigenvalue weighted by atomic mass is 16.4. The summed E-state index contributed by atoms with van der Waals surface area (Å²) in [5.41, 5.74) is 0.465. The van der Waals surface area contributed by atoms with E-state index < -0.39 is 5.97 Å². The van der Waals surface area contributed by atoms with Crippen LogP contribution in [-0.4, -0.2) is 40.1 Å². The number of nitrogens with one attached hydrogen (secondary N) is 1. The number of urea groups is 1. The fraction of sp³-hybridized carbons (Fsp3) is 0.417. The van der Waals surface area contributed by atoms with Gasteiger partial charge in [-0.1, -0.05) is 6.92 Å². The lowest BCUT2D eigenvalue weighted by Gasteiger charge is -2.16. The molecule has 2 heterocycles. The van der Waals surface area contributed by atoms with Crippen molar-refractivity contribution in [1.82, 2.24) is 9.88 Å². The molecule has 0 spiro atoms. The zero-order chi connectivity index (χ0) is 13.1. The van der Waals surface area contributed by atoms with Gasteiger partial charge in [0.1, 0.15) is 5.69 Å². The van der Waals surface area contributed by atoms with Crippen LogP contribution in [0.2, 0.25) is 0 Å². The van der Waals surface area contributed by atoms with Gasteiger partial charge in [0.05, 0.1) is 11.9 Å². The topological polar surface area (TPSA) is 82.5 Å². The molecule has 1 saturated heterocycles. The van der Waals surface area contributed by atoms with Crippen molar-refractivity contribution in [1.29, 1.82) is 0 Å². The molecule has 2 amide bonds. The number of rotatable bonds is 2. The summed E-state index contributed by atoms with van der Waals surface area (Å²) in [6, 6.07) is 2.74. The Hall–Kier alpha value is -2.11. The van der Waals surface area contributed by atoms with Crippen molar-refractivity contribution in [3.8, 4) is 0 Å². The van der Waals surface area contributed by atoms with Crippen molar-refractivity contribution in [2.45, 2.75) is 13.3 Å². The van der Waals surface area contributed by atoms with Gasteiger partial charge in [0.25, 0.3) is 0 Å². The van der Waals surface area contributed by atoms with Crippen molar-refractivity contribution in [3.63, 3.8) is 0 Å². The second-order valence-corrected chi connectivity index (χ2v) is 4.51. The van der Waals surface area contributed by atoms with Gasteiger partial charge in [0, 0.05) is 13.1 Å². The van der Waals surface area contributed by atoms with Gasteiger partial charge in [-0.2, -0.15) is 0 Å². The fourth-order valence-corrected chi connectivity index (χ4v) is 1.92. The predicted octanol–water partition coefficient (Wildman–Crippen LogP) is 1.65. The number of aromatic nitrogens is 1. The summed E-state index contributed by atoms with van der Waals surface area (Å²) >= 11 is 0. The molecule has 18 heavy (non-hydrogen) atoms. The number of carbonyl (C=O) groups excluding carboxylic acids is 1. The van der Waals surface area contributed by atoms with Gasteiger partial charge in [-0.3, -0.25) is 0 Å². The zero-order valence-electron chi connectivity index (χ0n) is 10.1. The molecule has 1 atom stereocenters. The molecule has 0 aliphatic carbocycles. The van der Waals surface area contributed by atoms with Gasteiger partial charge < -0.3 is 15.3 Å². The molecular formula is C12H15N3O3. The quantitative estimate of drug-likeness (QED) is 0.835. The predicted molar refractivity (Wildman–Crippen MR) is 65.6 cm³/mol. The first-order valence-corrected chi connectivity index (χ1v) is 5.81. The van der Waals surface area contributed by atoms with Gasteiger partial charge >= 0.3 is 12.0 Å². The van der Waals surface area contributed by atoms with E-state index in [2.05, 4.69) is 17.2 Å². The summed E-state index contributed by atoms with van der Waals surface area (Å²) in [6.45, 7) is 3.62. The Morgan fingerprint density at radius 2 is 2.28 bits per heavy atom. The van der Waals surface area contributed by atoms with Crippen molar-refractivity contribution >= 4 is 17.7 Å². The number of anilines is 1. The normalized spacial score (nSPS) is 18.7. The molecule has 1 aliphatic rings. The Balaban J connectivity index is 1.97. The van der Waals surface area contributed by atoms with Crippen LogP contribution < -0.4 is 5.32 Å². The minimum absolute atomic E-state index is 0.0391. The van der Waals surface area contributed by atoms with E-state index in [1.165, 1.54) is 18.3 Å². The number of likely N-dealkylation sites (tertiary alicyclic amines) is 1. The van der Waals surface area contributed by atoms with E-state index in [9.17, 15) is 9.59 Å². The Morgan fingerprint density at radius 3 is 2.78 bits per heavy atom. The molecule has 1 aromatic heterocycles. The lowest BCUT2D eigenvalue weighted by atomic mass is 10.2. The number of amides is 2. The lowest BCUT2D eigenvalue weighted by molar-refractivity contribution is 0.0690. The van der Waals surface area contributed by atoms with Crippen LogP contribution in [0.25, 0.3) is 0 Å². The summed E-state index contributed by atoms with van der Waals surface area (Å²) < 4.78 is 0. The Bertz CT molecular complexity index is 458. The van der Waals surface area contributed by atoms with Crippen LogP contribution in [0.1, 0.15) is 23.8 Å². The molecule has 1 aromatic rings. The summed E-state index contributed by atoms with van der Waals surface area (Å²) in [5, 5.41) is 11.4. The summed E-state index contributed by atoms with van der Waals surface area (Å²) in [4.78, 5) is 28.0. The first kappa shape index (κ1) is 12.3. The first-order valence-electron chi connectivity index (χ1n) is 5.81. The average molecular weight is 249 g/mol. The van der Waals surface area contributed by atoms with Crippen molar-refractivity contribution in [2.24, 2.45) is 5.92 Å². The molecule has 0 aromatic carbocycles. The number of carboxylic acids is 1. The van der Waals surface area contributed by atoms with Crippen LogP contribution in [0, 0.1) is 5.92 Å². The van der Waals surface area contributed by atoms with Crippen LogP contribution in [0.4, 0.5) is 10.5 Å². The average Bonchev–Trinajstić information content (AvgIpc) is 2.76. The van der Waals surface area contributed by atoms with Crippen LogP contribution >= 0.6 is 0 Å². The van der Waals surface area contributed by atoms with Crippen LogP contribution in [-0.2, 0) is 0 Å². The summed E-state index contributed by atoms with van der Waals surface area (Å²) in [5.74, 6) is -0.551. The largest absolute Gasteiger partial charge is 0.477 e. The van der Waals surface area contributed by atoms with E-state index in [1.807, 2.05) is 0 Å². The van der Waals surface area contributed by atoms with Crippen LogP contribution in [0.3, 0.4) is 0 Å². The standard InChI is InChI=1S/C12H15N3O3/c1-8-4-5-15(7-8)12(18)14-9-2-3-10(11(16)17)13-6-9/h2-3,6,8H,4-5,7H2,1H3,(H,14,18)(H,16,17). The minimum atomic E-state index is -1.08. The number of pyridine rings is 1. The Labute approximate surface area is 105 Å². The van der Waals surface area contributed by atoms with Gasteiger partial charge in [0.2, 0.25) is 0 Å². The third-order valence-corrected chi connectivity index (χ3v) is 2.94. The SMILES string of the molecule is CC1CCN(C(=O)Nc2ccc(C(=O)O)nc2)C1. The number of hydrogen-bond acceptors (Lipinski definition) is 3. The van der Waals surface area contributed by atoms with Crippen molar-refractivity contribution < 1.29 is 14.7 Å². The highest BCUT2D eigenvalue weighted by Crippen LogP contribution is 2.16. The second-order valence-electron chi connectivity index (χ2n) is 4.51. The van der Waals surface area contributed by atoms with Crippen LogP contribution in [0.15, 0.2) is 18.3 Å². The van der Waals surface area contributed by atoms with E-state index in [0.29, 0.717) is 11.6 Å². The maximum atomic E-state index is 11.8. The molecule has 0 radical (unpaired) electrons. The molecule has 1 fully saturated rings. The highest BCUT2D eigenvalue weighted by Gasteiger charge is 2.23. The smallest absolute Gasteiger partial charge is 0.354 e. The number of carboxylic acid groups (broad SMARTS) is 1. The first-order chi connectivity index (χ1) is 8.56. The molecule has 1 aliphatic heterocycles. The van der Waals surface area contributed by atoms with Gasteiger partial charge in [-0.25, -0.2) is 14.6 Å². The molecule has 0 bridgehead atoms. The Morgan fingerprint density at radius 1 is 1.50 bits per heavy atom. The van der Waals surface area contributed by atoms with E-state index >= 15 is 0 Å². The molecular weight excluding hydrogens is 234 g/mol. The van der Waals surface area contributed by atoms with Crippen LogP contribution in [0.5, 0.6) is 0 Å². The monoisotopic (exact) mass is 249 g/mol.